The normalized spacial score (nSPS) is 16.3. The van der Waals surface area contributed by atoms with Gasteiger partial charge in [0.1, 0.15) is 0 Å². The van der Waals surface area contributed by atoms with Crippen LogP contribution in [-0.4, -0.2) is 63.9 Å². The molecule has 0 bridgehead atoms. The topological polar surface area (TPSA) is 75.3 Å². The number of likely N-dealkylation sites (tertiary alicyclic amines) is 1. The van der Waals surface area contributed by atoms with E-state index in [1.165, 1.54) is 36.2 Å². The molecule has 6 nitrogen and oxygen atoms in total. The number of nitrogens with two attached hydrogens (primary N) is 1. The van der Waals surface area contributed by atoms with Gasteiger partial charge in [-0.05, 0) is 50.7 Å². The first-order valence-corrected chi connectivity index (χ1v) is 12.2. The maximum absolute atomic E-state index is 12.9. The second kappa shape index (κ2) is 11.2. The van der Waals surface area contributed by atoms with E-state index in [2.05, 4.69) is 39.9 Å². The van der Waals surface area contributed by atoms with Crippen LogP contribution in [0, 0.1) is 0 Å². The summed E-state index contributed by atoms with van der Waals surface area (Å²) in [5, 5.41) is 8.77. The van der Waals surface area contributed by atoms with Gasteiger partial charge in [0, 0.05) is 17.9 Å². The van der Waals surface area contributed by atoms with E-state index in [0.717, 1.165) is 42.8 Å². The highest BCUT2D eigenvalue weighted by molar-refractivity contribution is 8.01. The van der Waals surface area contributed by atoms with Crippen molar-refractivity contribution in [1.29, 1.82) is 0 Å². The maximum Gasteiger partial charge on any atom is 0.223 e. The number of carbonyl (C=O) groups excluding carboxylic acids is 1. The van der Waals surface area contributed by atoms with E-state index in [9.17, 15) is 4.79 Å². The molecule has 1 aromatic heterocycles. The third kappa shape index (κ3) is 6.33. The molecule has 2 N–H and O–H groups in total. The molecule has 2 heterocycles. The van der Waals surface area contributed by atoms with Crippen LogP contribution in [0.3, 0.4) is 0 Å². The third-order valence-corrected chi connectivity index (χ3v) is 7.46. The number of benzene rings is 1. The Labute approximate surface area is 181 Å². The first-order chi connectivity index (χ1) is 14.1. The summed E-state index contributed by atoms with van der Waals surface area (Å²) in [6, 6.07) is 7.93. The predicted octanol–water partition coefficient (Wildman–Crippen LogP) is 3.47. The van der Waals surface area contributed by atoms with Crippen LogP contribution in [0.25, 0.3) is 0 Å². The molecule has 158 valence electrons. The molecule has 1 saturated heterocycles. The second-order valence-electron chi connectivity index (χ2n) is 7.34. The molecule has 1 unspecified atom stereocenters. The van der Waals surface area contributed by atoms with Gasteiger partial charge >= 0.3 is 0 Å². The molecule has 0 spiro atoms. The number of hydrogen-bond acceptors (Lipinski definition) is 8. The molecule has 0 aliphatic carbocycles. The number of thioether (sulfide) groups is 1. The quantitative estimate of drug-likeness (QED) is 0.349. The van der Waals surface area contributed by atoms with E-state index in [0.29, 0.717) is 10.6 Å². The summed E-state index contributed by atoms with van der Waals surface area (Å²) in [7, 11) is 0. The minimum atomic E-state index is -0.0529. The summed E-state index contributed by atoms with van der Waals surface area (Å²) in [6.07, 6.45) is 3.83. The van der Waals surface area contributed by atoms with Crippen LogP contribution in [0.5, 0.6) is 0 Å². The summed E-state index contributed by atoms with van der Waals surface area (Å²) in [5.41, 5.74) is 8.10. The number of rotatable bonds is 10. The van der Waals surface area contributed by atoms with Gasteiger partial charge in [0.05, 0.1) is 6.17 Å². The Morgan fingerprint density at radius 3 is 2.72 bits per heavy atom. The summed E-state index contributed by atoms with van der Waals surface area (Å²) in [5.74, 6) is 0.679. The Hall–Kier alpha value is -1.32. The molecular formula is C21H31N5OS2. The molecule has 29 heavy (non-hydrogen) atoms. The van der Waals surface area contributed by atoms with E-state index < -0.39 is 0 Å². The predicted molar refractivity (Wildman–Crippen MR) is 121 cm³/mol. The summed E-state index contributed by atoms with van der Waals surface area (Å²) in [6.45, 7) is 9.25. The van der Waals surface area contributed by atoms with Gasteiger partial charge in [-0.15, -0.1) is 10.2 Å². The lowest BCUT2D eigenvalue weighted by Gasteiger charge is -2.26. The number of ketones is 1. The molecule has 1 fully saturated rings. The van der Waals surface area contributed by atoms with Gasteiger partial charge in [-0.3, -0.25) is 14.6 Å². The van der Waals surface area contributed by atoms with Crippen LogP contribution in [0.4, 0.5) is 0 Å². The Morgan fingerprint density at radius 1 is 1.24 bits per heavy atom. The average molecular weight is 434 g/mol. The minimum Gasteiger partial charge on any atom is -0.315 e. The van der Waals surface area contributed by atoms with Gasteiger partial charge in [-0.2, -0.15) is 0 Å². The van der Waals surface area contributed by atoms with Crippen LogP contribution in [0.2, 0.25) is 0 Å². The molecule has 1 aliphatic heterocycles. The van der Waals surface area contributed by atoms with Gasteiger partial charge in [0.15, 0.2) is 9.35 Å². The fourth-order valence-corrected chi connectivity index (χ4v) is 5.46. The molecule has 0 radical (unpaired) electrons. The first kappa shape index (κ1) is 22.4. The van der Waals surface area contributed by atoms with Crippen molar-refractivity contribution in [3.63, 3.8) is 0 Å². The number of piperidine rings is 1. The molecule has 2 aromatic rings. The maximum atomic E-state index is 12.9. The van der Waals surface area contributed by atoms with E-state index in [1.54, 1.807) is 11.8 Å². The molecule has 8 heteroatoms. The Balaban J connectivity index is 1.60. The Bertz CT molecular complexity index is 787. The first-order valence-electron chi connectivity index (χ1n) is 10.4. The zero-order valence-electron chi connectivity index (χ0n) is 17.3. The highest BCUT2D eigenvalue weighted by Crippen LogP contribution is 2.25. The van der Waals surface area contributed by atoms with Crippen molar-refractivity contribution in [2.24, 2.45) is 5.73 Å². The van der Waals surface area contributed by atoms with Crippen molar-refractivity contribution in [1.82, 2.24) is 20.0 Å². The van der Waals surface area contributed by atoms with Crippen molar-refractivity contribution >= 4 is 28.9 Å². The number of nitrogens with zero attached hydrogens (tertiary/aromatic N) is 4. The summed E-state index contributed by atoms with van der Waals surface area (Å²) >= 11 is 2.92. The van der Waals surface area contributed by atoms with Crippen LogP contribution in [0.1, 0.15) is 54.0 Å². The van der Waals surface area contributed by atoms with E-state index in [1.807, 2.05) is 18.2 Å². The zero-order chi connectivity index (χ0) is 20.6. The fraction of sp³-hybridized carbons (Fsp3) is 0.571. The van der Waals surface area contributed by atoms with Crippen molar-refractivity contribution in [3.8, 4) is 0 Å². The number of aromatic nitrogens is 2. The average Bonchev–Trinajstić information content (AvgIpc) is 3.22. The molecule has 0 saturated carbocycles. The summed E-state index contributed by atoms with van der Waals surface area (Å²) in [4.78, 5) is 17.6. The Kier molecular flexibility index (Phi) is 8.62. The summed E-state index contributed by atoms with van der Waals surface area (Å²) < 4.78 is 0.792. The van der Waals surface area contributed by atoms with Crippen molar-refractivity contribution in [3.05, 3.63) is 40.4 Å². The lowest BCUT2D eigenvalue weighted by atomic mass is 10.1. The molecule has 1 aliphatic rings. The SMILES string of the molecule is CCN(CC)C(N)CSc1nnc(C(=O)c2cccc(CN3CCCCC3)c2)s1. The van der Waals surface area contributed by atoms with Crippen LogP contribution < -0.4 is 5.73 Å². The van der Waals surface area contributed by atoms with Crippen molar-refractivity contribution in [2.45, 2.75) is 50.2 Å². The second-order valence-corrected chi connectivity index (χ2v) is 9.58. The third-order valence-electron chi connectivity index (χ3n) is 5.30. The van der Waals surface area contributed by atoms with Gasteiger partial charge in [-0.25, -0.2) is 0 Å². The molecule has 0 amide bonds. The van der Waals surface area contributed by atoms with Crippen molar-refractivity contribution in [2.75, 3.05) is 31.9 Å². The lowest BCUT2D eigenvalue weighted by Crippen LogP contribution is -2.43. The van der Waals surface area contributed by atoms with E-state index >= 15 is 0 Å². The van der Waals surface area contributed by atoms with Gasteiger partial charge < -0.3 is 5.73 Å². The smallest absolute Gasteiger partial charge is 0.223 e. The monoisotopic (exact) mass is 433 g/mol. The van der Waals surface area contributed by atoms with E-state index in [4.69, 9.17) is 5.73 Å². The van der Waals surface area contributed by atoms with Crippen LogP contribution in [-0.2, 0) is 6.54 Å². The van der Waals surface area contributed by atoms with Crippen molar-refractivity contribution < 1.29 is 4.79 Å². The molecular weight excluding hydrogens is 402 g/mol. The standard InChI is InChI=1S/C21H31N5OS2/c1-3-26(4-2)18(22)15-28-21-24-23-20(29-21)19(27)17-10-8-9-16(13-17)14-25-11-6-5-7-12-25/h8-10,13,18H,3-7,11-12,14-15,22H2,1-2H3. The van der Waals surface area contributed by atoms with Gasteiger partial charge in [0.25, 0.3) is 0 Å². The minimum absolute atomic E-state index is 0.0236. The largest absolute Gasteiger partial charge is 0.315 e. The molecule has 1 aromatic carbocycles. The van der Waals surface area contributed by atoms with Crippen LogP contribution >= 0.6 is 23.1 Å². The number of hydrogen-bond donors (Lipinski definition) is 1. The Morgan fingerprint density at radius 2 is 2.00 bits per heavy atom. The highest BCUT2D eigenvalue weighted by atomic mass is 32.2. The highest BCUT2D eigenvalue weighted by Gasteiger charge is 2.18. The fourth-order valence-electron chi connectivity index (χ4n) is 3.62. The lowest BCUT2D eigenvalue weighted by molar-refractivity contribution is 0.103. The van der Waals surface area contributed by atoms with Gasteiger partial charge in [-0.1, -0.05) is 61.6 Å². The van der Waals surface area contributed by atoms with E-state index in [-0.39, 0.29) is 11.9 Å². The van der Waals surface area contributed by atoms with Gasteiger partial charge in [0.2, 0.25) is 5.78 Å². The molecule has 1 atom stereocenters. The van der Waals surface area contributed by atoms with Crippen LogP contribution in [0.15, 0.2) is 28.6 Å². The number of carbonyl (C=O) groups is 1. The zero-order valence-corrected chi connectivity index (χ0v) is 19.0. The molecule has 3 rings (SSSR count).